The van der Waals surface area contributed by atoms with Gasteiger partial charge in [-0.25, -0.2) is 18.0 Å². The van der Waals surface area contributed by atoms with Gasteiger partial charge in [0.15, 0.2) is 9.84 Å². The lowest BCUT2D eigenvalue weighted by Crippen LogP contribution is -2.47. The molecule has 3 rings (SSSR count). The van der Waals surface area contributed by atoms with Crippen LogP contribution < -0.4 is 20.1 Å². The number of methoxy groups -OCH3 is 2. The van der Waals surface area contributed by atoms with Crippen LogP contribution in [0, 0.1) is 0 Å². The Morgan fingerprint density at radius 1 is 1.06 bits per heavy atom. The van der Waals surface area contributed by atoms with Crippen molar-refractivity contribution < 1.29 is 32.2 Å². The second-order valence-electron chi connectivity index (χ2n) is 6.82. The molecule has 32 heavy (non-hydrogen) atoms. The first-order valence-electron chi connectivity index (χ1n) is 9.78. The smallest absolute Gasteiger partial charge is 0.338 e. The summed E-state index contributed by atoms with van der Waals surface area (Å²) >= 11 is 0. The summed E-state index contributed by atoms with van der Waals surface area (Å²) in [6, 6.07) is 11.0. The summed E-state index contributed by atoms with van der Waals surface area (Å²) in [4.78, 5) is 25.4. The number of rotatable bonds is 8. The average molecular weight is 461 g/mol. The van der Waals surface area contributed by atoms with Crippen molar-refractivity contribution in [3.8, 4) is 11.5 Å². The van der Waals surface area contributed by atoms with Crippen molar-refractivity contribution in [1.29, 1.82) is 0 Å². The lowest BCUT2D eigenvalue weighted by molar-refractivity contribution is -0.139. The number of hydrogen-bond donors (Lipinski definition) is 2. The van der Waals surface area contributed by atoms with E-state index in [9.17, 15) is 18.0 Å². The number of urea groups is 1. The van der Waals surface area contributed by atoms with Crippen molar-refractivity contribution >= 4 is 21.8 Å². The van der Waals surface area contributed by atoms with Crippen molar-refractivity contribution in [1.82, 2.24) is 10.6 Å². The van der Waals surface area contributed by atoms with Crippen molar-refractivity contribution in [2.75, 3.05) is 26.6 Å². The molecule has 1 aliphatic rings. The molecular formula is C22H24N2O7S. The maximum atomic E-state index is 13.0. The van der Waals surface area contributed by atoms with Gasteiger partial charge in [-0.2, -0.15) is 0 Å². The topological polar surface area (TPSA) is 120 Å². The summed E-state index contributed by atoms with van der Waals surface area (Å²) < 4.78 is 41.8. The third-order valence-corrected chi connectivity index (χ3v) is 6.50. The number of carbonyl (C=O) groups is 2. The van der Waals surface area contributed by atoms with E-state index in [0.29, 0.717) is 17.1 Å². The van der Waals surface area contributed by atoms with Gasteiger partial charge in [-0.1, -0.05) is 18.2 Å². The van der Waals surface area contributed by atoms with E-state index in [1.807, 2.05) is 0 Å². The Balaban J connectivity index is 2.15. The fourth-order valence-electron chi connectivity index (χ4n) is 3.37. The molecule has 0 fully saturated rings. The Kier molecular flexibility index (Phi) is 7.04. The summed E-state index contributed by atoms with van der Waals surface area (Å²) in [5, 5.41) is 5.14. The van der Waals surface area contributed by atoms with Gasteiger partial charge in [-0.3, -0.25) is 0 Å². The molecule has 10 heteroatoms. The van der Waals surface area contributed by atoms with Gasteiger partial charge in [0.05, 0.1) is 43.1 Å². The zero-order chi connectivity index (χ0) is 23.3. The maximum absolute atomic E-state index is 13.0. The van der Waals surface area contributed by atoms with E-state index in [0.717, 1.165) is 0 Å². The van der Waals surface area contributed by atoms with E-state index in [1.54, 1.807) is 43.3 Å². The zero-order valence-electron chi connectivity index (χ0n) is 17.9. The number of nitrogens with one attached hydrogen (secondary N) is 2. The summed E-state index contributed by atoms with van der Waals surface area (Å²) in [5.41, 5.74) is 0.370. The molecule has 2 aromatic rings. The minimum absolute atomic E-state index is 0.0191. The van der Waals surface area contributed by atoms with E-state index in [4.69, 9.17) is 14.2 Å². The third kappa shape index (κ3) is 4.86. The van der Waals surface area contributed by atoms with Crippen LogP contribution in [0.15, 0.2) is 64.7 Å². The van der Waals surface area contributed by atoms with Crippen LogP contribution in [0.25, 0.3) is 0 Å². The number of benzene rings is 2. The second kappa shape index (κ2) is 9.73. The van der Waals surface area contributed by atoms with Crippen LogP contribution in [0.3, 0.4) is 0 Å². The molecule has 0 radical (unpaired) electrons. The molecule has 2 N–H and O–H groups in total. The van der Waals surface area contributed by atoms with Gasteiger partial charge in [0.2, 0.25) is 0 Å². The third-order valence-electron chi connectivity index (χ3n) is 4.84. The molecular weight excluding hydrogens is 436 g/mol. The first-order valence-corrected chi connectivity index (χ1v) is 11.4. The predicted molar refractivity (Wildman–Crippen MR) is 116 cm³/mol. The highest BCUT2D eigenvalue weighted by Crippen LogP contribution is 2.36. The van der Waals surface area contributed by atoms with Crippen molar-refractivity contribution in [3.63, 3.8) is 0 Å². The second-order valence-corrected chi connectivity index (χ2v) is 8.81. The minimum atomic E-state index is -3.86. The van der Waals surface area contributed by atoms with Crippen molar-refractivity contribution in [3.05, 3.63) is 65.4 Å². The summed E-state index contributed by atoms with van der Waals surface area (Å²) in [6.45, 7) is 1.71. The van der Waals surface area contributed by atoms with Gasteiger partial charge in [0.1, 0.15) is 11.5 Å². The number of sulfone groups is 1. The number of amides is 2. The quantitative estimate of drug-likeness (QED) is 0.580. The van der Waals surface area contributed by atoms with Crippen molar-refractivity contribution in [2.24, 2.45) is 0 Å². The lowest BCUT2D eigenvalue weighted by atomic mass is 9.94. The van der Waals surface area contributed by atoms with Crippen LogP contribution in [-0.2, 0) is 19.4 Å². The highest BCUT2D eigenvalue weighted by Gasteiger charge is 2.37. The molecule has 9 nitrogen and oxygen atoms in total. The molecule has 1 atom stereocenters. The number of carbonyl (C=O) groups excluding carboxylic acids is 2. The van der Waals surface area contributed by atoms with Gasteiger partial charge in [0, 0.05) is 17.3 Å². The molecule has 0 spiro atoms. The van der Waals surface area contributed by atoms with Gasteiger partial charge in [-0.15, -0.1) is 0 Å². The van der Waals surface area contributed by atoms with E-state index in [-0.39, 0.29) is 22.8 Å². The fourth-order valence-corrected chi connectivity index (χ4v) is 4.72. The van der Waals surface area contributed by atoms with Crippen LogP contribution in [0.2, 0.25) is 0 Å². The minimum Gasteiger partial charge on any atom is -0.497 e. The molecule has 1 aliphatic heterocycles. The largest absolute Gasteiger partial charge is 0.497 e. The molecule has 1 heterocycles. The molecule has 1 unspecified atom stereocenters. The van der Waals surface area contributed by atoms with Gasteiger partial charge >= 0.3 is 12.0 Å². The SMILES string of the molecule is CCOC(=O)C1=C(CS(=O)(=O)c2ccccc2)NC(=O)NC1c1ccc(OC)cc1OC. The van der Waals surface area contributed by atoms with E-state index < -0.39 is 33.6 Å². The Morgan fingerprint density at radius 2 is 1.78 bits per heavy atom. The zero-order valence-corrected chi connectivity index (χ0v) is 18.7. The van der Waals surface area contributed by atoms with E-state index >= 15 is 0 Å². The molecule has 0 bridgehead atoms. The molecule has 0 aliphatic carbocycles. The Labute approximate surface area is 186 Å². The van der Waals surface area contributed by atoms with E-state index in [1.165, 1.54) is 26.4 Å². The van der Waals surface area contributed by atoms with Gasteiger partial charge in [-0.05, 0) is 31.2 Å². The molecule has 0 saturated heterocycles. The first-order chi connectivity index (χ1) is 15.3. The fraction of sp³-hybridized carbons (Fsp3) is 0.273. The summed E-state index contributed by atoms with van der Waals surface area (Å²) in [5.74, 6) is -0.475. The Bertz CT molecular complexity index is 1140. The standard InChI is InChI=1S/C22H24N2O7S/c1-4-31-21(25)19-17(13-32(27,28)15-8-6-5-7-9-15)23-22(26)24-20(19)16-11-10-14(29-2)12-18(16)30-3/h5-12,20H,4,13H2,1-3H3,(H2,23,24,26). The van der Waals surface area contributed by atoms with E-state index in [2.05, 4.69) is 10.6 Å². The summed E-state index contributed by atoms with van der Waals surface area (Å²) in [7, 11) is -0.919. The molecule has 0 aromatic heterocycles. The molecule has 2 amide bonds. The van der Waals surface area contributed by atoms with Crippen LogP contribution in [0.4, 0.5) is 4.79 Å². The number of hydrogen-bond acceptors (Lipinski definition) is 7. The van der Waals surface area contributed by atoms with Crippen LogP contribution in [0.1, 0.15) is 18.5 Å². The molecule has 170 valence electrons. The lowest BCUT2D eigenvalue weighted by Gasteiger charge is -2.30. The van der Waals surface area contributed by atoms with Crippen LogP contribution in [-0.4, -0.2) is 47.0 Å². The highest BCUT2D eigenvalue weighted by atomic mass is 32.2. The average Bonchev–Trinajstić information content (AvgIpc) is 2.78. The Morgan fingerprint density at radius 3 is 2.41 bits per heavy atom. The normalized spacial score (nSPS) is 16.1. The molecule has 0 saturated carbocycles. The van der Waals surface area contributed by atoms with Crippen LogP contribution >= 0.6 is 0 Å². The molecule has 2 aromatic carbocycles. The van der Waals surface area contributed by atoms with Gasteiger partial charge < -0.3 is 24.8 Å². The van der Waals surface area contributed by atoms with Crippen molar-refractivity contribution in [2.45, 2.75) is 17.9 Å². The summed E-state index contributed by atoms with van der Waals surface area (Å²) in [6.07, 6.45) is 0. The number of esters is 1. The Hall–Kier alpha value is -3.53. The van der Waals surface area contributed by atoms with Crippen LogP contribution in [0.5, 0.6) is 11.5 Å². The van der Waals surface area contributed by atoms with Gasteiger partial charge in [0.25, 0.3) is 0 Å². The monoisotopic (exact) mass is 460 g/mol. The number of ether oxygens (including phenoxy) is 3. The highest BCUT2D eigenvalue weighted by molar-refractivity contribution is 7.91. The predicted octanol–water partition coefficient (Wildman–Crippen LogP) is 2.35. The maximum Gasteiger partial charge on any atom is 0.338 e. The first kappa shape index (κ1) is 23.1.